The molecule has 0 fully saturated rings. The van der Waals surface area contributed by atoms with E-state index >= 15 is 0 Å². The van der Waals surface area contributed by atoms with E-state index in [2.05, 4.69) is 20.9 Å². The third kappa shape index (κ3) is 6.25. The molecule has 0 aliphatic rings. The van der Waals surface area contributed by atoms with E-state index in [9.17, 15) is 19.2 Å². The second-order valence-electron chi connectivity index (χ2n) is 7.54. The fraction of sp³-hybridized carbons (Fsp3) is 0.240. The quantitative estimate of drug-likeness (QED) is 0.288. The first-order valence-electron chi connectivity index (χ1n) is 11.0. The molecule has 0 saturated carbocycles. The zero-order valence-electron chi connectivity index (χ0n) is 20.3. The third-order valence-corrected chi connectivity index (χ3v) is 6.34. The Morgan fingerprint density at radius 1 is 1.06 bits per heavy atom. The summed E-state index contributed by atoms with van der Waals surface area (Å²) in [6.07, 6.45) is 1.72. The number of Topliss-reactive ketones (excluding diaryl/α,β-unsaturated/α-hetero) is 1. The van der Waals surface area contributed by atoms with Crippen LogP contribution in [0.1, 0.15) is 55.0 Å². The van der Waals surface area contributed by atoms with Gasteiger partial charge < -0.3 is 20.1 Å². The van der Waals surface area contributed by atoms with Crippen LogP contribution < -0.4 is 20.7 Å². The van der Waals surface area contributed by atoms with Crippen LogP contribution >= 0.6 is 11.3 Å². The molecule has 3 rings (SSSR count). The summed E-state index contributed by atoms with van der Waals surface area (Å²) in [5, 5.41) is 8.22. The van der Waals surface area contributed by atoms with Crippen molar-refractivity contribution < 1.29 is 28.7 Å². The smallest absolute Gasteiger partial charge is 0.348 e. The summed E-state index contributed by atoms with van der Waals surface area (Å²) in [4.78, 5) is 53.0. The van der Waals surface area contributed by atoms with E-state index < -0.39 is 12.0 Å². The van der Waals surface area contributed by atoms with Crippen molar-refractivity contribution in [3.63, 3.8) is 0 Å². The van der Waals surface area contributed by atoms with Gasteiger partial charge in [-0.2, -0.15) is 0 Å². The molecule has 36 heavy (non-hydrogen) atoms. The van der Waals surface area contributed by atoms with E-state index in [1.54, 1.807) is 44.2 Å². The van der Waals surface area contributed by atoms with Crippen molar-refractivity contribution in [1.29, 1.82) is 0 Å². The second-order valence-corrected chi connectivity index (χ2v) is 8.56. The van der Waals surface area contributed by atoms with Crippen molar-refractivity contribution in [2.24, 2.45) is 0 Å². The first kappa shape index (κ1) is 26.4. The molecule has 2 heterocycles. The fourth-order valence-electron chi connectivity index (χ4n) is 3.27. The standard InChI is InChI=1S/C25H26N4O6S/c1-5-19(30)20-14(2)21(24(32)34-4)36-23(20)29-25(33)28-13-15-6-8-16(9-7-15)35-17-10-11-27-18(12-17)22(31)26-3/h6-12H,5,13H2,1-4H3,(H,26,31)(H2,28,29,33). The number of urea groups is 1. The van der Waals surface area contributed by atoms with Crippen LogP contribution in [0.25, 0.3) is 0 Å². The molecule has 0 aliphatic carbocycles. The molecule has 0 aliphatic heterocycles. The number of nitrogens with zero attached hydrogens (tertiary/aromatic N) is 1. The van der Waals surface area contributed by atoms with Crippen LogP contribution in [0, 0.1) is 6.92 Å². The highest BCUT2D eigenvalue weighted by Gasteiger charge is 2.25. The Morgan fingerprint density at radius 2 is 1.78 bits per heavy atom. The number of carbonyl (C=O) groups is 4. The minimum Gasteiger partial charge on any atom is -0.465 e. The second kappa shape index (κ2) is 11.9. The number of hydrogen-bond acceptors (Lipinski definition) is 8. The van der Waals surface area contributed by atoms with Crippen LogP contribution in [-0.4, -0.2) is 42.8 Å². The minimum atomic E-state index is -0.560. The summed E-state index contributed by atoms with van der Waals surface area (Å²) < 4.78 is 10.6. The number of rotatable bonds is 9. The number of amides is 3. The molecule has 2 aromatic heterocycles. The number of nitrogens with one attached hydrogen (secondary N) is 3. The summed E-state index contributed by atoms with van der Waals surface area (Å²) in [6.45, 7) is 3.58. The van der Waals surface area contributed by atoms with Crippen LogP contribution in [0.3, 0.4) is 0 Å². The molecule has 3 aromatic rings. The average molecular weight is 511 g/mol. The summed E-state index contributed by atoms with van der Waals surface area (Å²) in [7, 11) is 2.79. The van der Waals surface area contributed by atoms with E-state index in [0.717, 1.165) is 16.9 Å². The molecule has 0 radical (unpaired) electrons. The van der Waals surface area contributed by atoms with E-state index in [1.807, 2.05) is 0 Å². The maximum Gasteiger partial charge on any atom is 0.348 e. The van der Waals surface area contributed by atoms with Gasteiger partial charge in [0.15, 0.2) is 5.78 Å². The van der Waals surface area contributed by atoms with Crippen LogP contribution in [0.2, 0.25) is 0 Å². The molecule has 11 heteroatoms. The average Bonchev–Trinajstić information content (AvgIpc) is 3.22. The predicted molar refractivity (Wildman–Crippen MR) is 135 cm³/mol. The number of pyridine rings is 1. The Hall–Kier alpha value is -4.25. The van der Waals surface area contributed by atoms with Crippen molar-refractivity contribution in [2.75, 3.05) is 19.5 Å². The van der Waals surface area contributed by atoms with Crippen molar-refractivity contribution in [3.8, 4) is 11.5 Å². The molecule has 0 bridgehead atoms. The van der Waals surface area contributed by atoms with Gasteiger partial charge in [0.05, 0.1) is 12.7 Å². The van der Waals surface area contributed by atoms with Gasteiger partial charge in [-0.15, -0.1) is 11.3 Å². The zero-order chi connectivity index (χ0) is 26.2. The van der Waals surface area contributed by atoms with Crippen LogP contribution in [0.4, 0.5) is 9.80 Å². The molecule has 3 amide bonds. The van der Waals surface area contributed by atoms with Crippen molar-refractivity contribution in [2.45, 2.75) is 26.8 Å². The van der Waals surface area contributed by atoms with Crippen LogP contribution in [-0.2, 0) is 11.3 Å². The van der Waals surface area contributed by atoms with Gasteiger partial charge in [0, 0.05) is 32.3 Å². The number of ether oxygens (including phenoxy) is 2. The van der Waals surface area contributed by atoms with Gasteiger partial charge in [0.25, 0.3) is 5.91 Å². The molecule has 0 saturated heterocycles. The number of anilines is 1. The Balaban J connectivity index is 1.63. The maximum absolute atomic E-state index is 12.5. The van der Waals surface area contributed by atoms with Crippen LogP contribution in [0.15, 0.2) is 42.6 Å². The normalized spacial score (nSPS) is 10.3. The first-order chi connectivity index (χ1) is 17.3. The SMILES string of the molecule is CCC(=O)c1c(NC(=O)NCc2ccc(Oc3ccnc(C(=O)NC)c3)cc2)sc(C(=O)OC)c1C. The van der Waals surface area contributed by atoms with Gasteiger partial charge in [0.2, 0.25) is 0 Å². The highest BCUT2D eigenvalue weighted by molar-refractivity contribution is 7.18. The molecule has 0 atom stereocenters. The number of thiophene rings is 1. The van der Waals surface area contributed by atoms with Crippen LogP contribution in [0.5, 0.6) is 11.5 Å². The lowest BCUT2D eigenvalue weighted by atomic mass is 10.1. The fourth-order valence-corrected chi connectivity index (χ4v) is 4.41. The summed E-state index contributed by atoms with van der Waals surface area (Å²) in [5.74, 6) is -0.0461. The lowest BCUT2D eigenvalue weighted by Gasteiger charge is -2.10. The number of methoxy groups -OCH3 is 1. The number of benzene rings is 1. The molecule has 0 unspecified atom stereocenters. The van der Waals surface area contributed by atoms with Crippen molar-refractivity contribution in [1.82, 2.24) is 15.6 Å². The molecule has 0 spiro atoms. The van der Waals surface area contributed by atoms with E-state index in [0.29, 0.717) is 27.6 Å². The monoisotopic (exact) mass is 510 g/mol. The number of carbonyl (C=O) groups excluding carboxylic acids is 4. The van der Waals surface area contributed by atoms with Gasteiger partial charge in [-0.25, -0.2) is 9.59 Å². The van der Waals surface area contributed by atoms with Gasteiger partial charge in [-0.1, -0.05) is 19.1 Å². The molecular formula is C25H26N4O6S. The van der Waals surface area contributed by atoms with Gasteiger partial charge in [-0.05, 0) is 36.2 Å². The van der Waals surface area contributed by atoms with E-state index in [4.69, 9.17) is 9.47 Å². The predicted octanol–water partition coefficient (Wildman–Crippen LogP) is 4.30. The number of aromatic nitrogens is 1. The maximum atomic E-state index is 12.5. The zero-order valence-corrected chi connectivity index (χ0v) is 21.1. The summed E-state index contributed by atoms with van der Waals surface area (Å²) in [5.41, 5.74) is 1.85. The molecule has 1 aromatic carbocycles. The third-order valence-electron chi connectivity index (χ3n) is 5.15. The largest absolute Gasteiger partial charge is 0.465 e. The minimum absolute atomic E-state index is 0.179. The van der Waals surface area contributed by atoms with Gasteiger partial charge in [0.1, 0.15) is 27.1 Å². The van der Waals surface area contributed by atoms with Gasteiger partial charge >= 0.3 is 12.0 Å². The highest BCUT2D eigenvalue weighted by atomic mass is 32.1. The summed E-state index contributed by atoms with van der Waals surface area (Å²) in [6, 6.07) is 9.70. The highest BCUT2D eigenvalue weighted by Crippen LogP contribution is 2.34. The Labute approximate surface area is 212 Å². The molecular weight excluding hydrogens is 484 g/mol. The van der Waals surface area contributed by atoms with E-state index in [-0.39, 0.29) is 35.2 Å². The lowest BCUT2D eigenvalue weighted by molar-refractivity contribution is 0.0605. The Morgan fingerprint density at radius 3 is 2.42 bits per heavy atom. The number of ketones is 1. The topological polar surface area (TPSA) is 136 Å². The van der Waals surface area contributed by atoms with Crippen molar-refractivity contribution >= 4 is 40.0 Å². The molecule has 188 valence electrons. The first-order valence-corrected chi connectivity index (χ1v) is 11.8. The number of hydrogen-bond donors (Lipinski definition) is 3. The lowest BCUT2D eigenvalue weighted by Crippen LogP contribution is -2.28. The van der Waals surface area contributed by atoms with Crippen molar-refractivity contribution in [3.05, 3.63) is 69.9 Å². The Kier molecular flexibility index (Phi) is 8.74. The molecule has 10 nitrogen and oxygen atoms in total. The summed E-state index contributed by atoms with van der Waals surface area (Å²) >= 11 is 1.01. The number of esters is 1. The van der Waals surface area contributed by atoms with E-state index in [1.165, 1.54) is 26.4 Å². The Bertz CT molecular complexity index is 1290. The van der Waals surface area contributed by atoms with Gasteiger partial charge in [-0.3, -0.25) is 19.9 Å². The molecule has 3 N–H and O–H groups in total.